The molecular weight excluding hydrogens is 232 g/mol. The van der Waals surface area contributed by atoms with Crippen molar-refractivity contribution in [3.63, 3.8) is 0 Å². The van der Waals surface area contributed by atoms with E-state index in [-0.39, 0.29) is 6.61 Å². The smallest absolute Gasteiger partial charge is 0.0991 e. The molecule has 1 unspecified atom stereocenters. The lowest BCUT2D eigenvalue weighted by molar-refractivity contribution is 0.267. The Bertz CT molecular complexity index is 346. The van der Waals surface area contributed by atoms with Gasteiger partial charge in [-0.05, 0) is 23.8 Å². The summed E-state index contributed by atoms with van der Waals surface area (Å²) >= 11 is 3.30. The van der Waals surface area contributed by atoms with Crippen LogP contribution >= 0.6 is 15.9 Å². The van der Waals surface area contributed by atoms with E-state index >= 15 is 0 Å². The van der Waals surface area contributed by atoms with Crippen LogP contribution < -0.4 is 5.73 Å². The van der Waals surface area contributed by atoms with Crippen molar-refractivity contribution in [2.75, 3.05) is 6.61 Å². The predicted molar refractivity (Wildman–Crippen MR) is 52.9 cm³/mol. The Morgan fingerprint density at radius 2 is 2.31 bits per heavy atom. The molecule has 0 aliphatic carbocycles. The summed E-state index contributed by atoms with van der Waals surface area (Å²) in [6.07, 6.45) is 0. The van der Waals surface area contributed by atoms with Gasteiger partial charge >= 0.3 is 0 Å². The summed E-state index contributed by atoms with van der Waals surface area (Å²) in [4.78, 5) is 0. The fourth-order valence-electron chi connectivity index (χ4n) is 0.996. The quantitative estimate of drug-likeness (QED) is 0.820. The molecule has 0 aliphatic rings. The van der Waals surface area contributed by atoms with Crippen LogP contribution in [-0.2, 0) is 0 Å². The molecule has 0 amide bonds. The Morgan fingerprint density at radius 1 is 1.62 bits per heavy atom. The molecule has 0 radical (unpaired) electrons. The zero-order valence-corrected chi connectivity index (χ0v) is 8.45. The van der Waals surface area contributed by atoms with E-state index in [1.54, 1.807) is 18.2 Å². The summed E-state index contributed by atoms with van der Waals surface area (Å²) in [6, 6.07) is 6.69. The molecule has 0 bridgehead atoms. The average Bonchev–Trinajstić information content (AvgIpc) is 2.17. The maximum atomic E-state index is 8.85. The zero-order valence-electron chi connectivity index (χ0n) is 6.87. The van der Waals surface area contributed by atoms with Crippen LogP contribution in [0.25, 0.3) is 0 Å². The number of rotatable bonds is 2. The summed E-state index contributed by atoms with van der Waals surface area (Å²) in [6.45, 7) is -0.131. The van der Waals surface area contributed by atoms with Crippen molar-refractivity contribution in [2.45, 2.75) is 6.04 Å². The van der Waals surface area contributed by atoms with E-state index in [9.17, 15) is 0 Å². The van der Waals surface area contributed by atoms with Crippen molar-refractivity contribution in [1.82, 2.24) is 0 Å². The second-order valence-corrected chi connectivity index (χ2v) is 3.49. The van der Waals surface area contributed by atoms with E-state index in [4.69, 9.17) is 16.1 Å². The topological polar surface area (TPSA) is 70.0 Å². The molecule has 0 fully saturated rings. The van der Waals surface area contributed by atoms with E-state index in [1.165, 1.54) is 0 Å². The Labute approximate surface area is 84.9 Å². The van der Waals surface area contributed by atoms with Gasteiger partial charge < -0.3 is 10.8 Å². The van der Waals surface area contributed by atoms with Crippen molar-refractivity contribution in [2.24, 2.45) is 5.73 Å². The van der Waals surface area contributed by atoms with Gasteiger partial charge in [-0.15, -0.1) is 0 Å². The van der Waals surface area contributed by atoms with Crippen LogP contribution in [0.15, 0.2) is 22.7 Å². The van der Waals surface area contributed by atoms with Crippen molar-refractivity contribution < 1.29 is 5.11 Å². The highest BCUT2D eigenvalue weighted by Gasteiger charge is 2.09. The van der Waals surface area contributed by atoms with Crippen LogP contribution in [0.5, 0.6) is 0 Å². The van der Waals surface area contributed by atoms with E-state index in [1.807, 2.05) is 6.07 Å². The summed E-state index contributed by atoms with van der Waals surface area (Å²) < 4.78 is 0.813. The highest BCUT2D eigenvalue weighted by Crippen LogP contribution is 2.22. The summed E-state index contributed by atoms with van der Waals surface area (Å²) in [5.74, 6) is 0. The molecule has 4 heteroatoms. The first-order valence-corrected chi connectivity index (χ1v) is 4.54. The molecule has 3 N–H and O–H groups in total. The van der Waals surface area contributed by atoms with Gasteiger partial charge in [0.2, 0.25) is 0 Å². The second kappa shape index (κ2) is 4.38. The van der Waals surface area contributed by atoms with E-state index in [2.05, 4.69) is 15.9 Å². The zero-order chi connectivity index (χ0) is 9.84. The van der Waals surface area contributed by atoms with Gasteiger partial charge in [0.1, 0.15) is 0 Å². The number of hydrogen-bond acceptors (Lipinski definition) is 3. The fraction of sp³-hybridized carbons (Fsp3) is 0.222. The lowest BCUT2D eigenvalue weighted by Crippen LogP contribution is -2.15. The van der Waals surface area contributed by atoms with Crippen molar-refractivity contribution in [1.29, 1.82) is 5.26 Å². The first kappa shape index (κ1) is 10.2. The third-order valence-electron chi connectivity index (χ3n) is 1.72. The molecule has 13 heavy (non-hydrogen) atoms. The van der Waals surface area contributed by atoms with Gasteiger partial charge in [0, 0.05) is 4.47 Å². The SMILES string of the molecule is N#Cc1ccc(Br)c(C(N)CO)c1. The van der Waals surface area contributed by atoms with Crippen molar-refractivity contribution in [3.8, 4) is 6.07 Å². The number of aliphatic hydroxyl groups excluding tert-OH is 1. The number of halogens is 1. The van der Waals surface area contributed by atoms with E-state index in [0.717, 1.165) is 10.0 Å². The largest absolute Gasteiger partial charge is 0.394 e. The minimum atomic E-state index is -0.442. The molecule has 0 aliphatic heterocycles. The molecule has 0 spiro atoms. The minimum Gasteiger partial charge on any atom is -0.394 e. The van der Waals surface area contributed by atoms with Gasteiger partial charge in [-0.25, -0.2) is 0 Å². The Kier molecular flexibility index (Phi) is 3.43. The van der Waals surface area contributed by atoms with Crippen molar-refractivity contribution in [3.05, 3.63) is 33.8 Å². The number of aliphatic hydroxyl groups is 1. The number of benzene rings is 1. The van der Waals surface area contributed by atoms with Crippen LogP contribution in [0, 0.1) is 11.3 Å². The highest BCUT2D eigenvalue weighted by molar-refractivity contribution is 9.10. The first-order valence-electron chi connectivity index (χ1n) is 3.75. The average molecular weight is 241 g/mol. The molecule has 3 nitrogen and oxygen atoms in total. The lowest BCUT2D eigenvalue weighted by atomic mass is 10.1. The molecule has 0 aromatic heterocycles. The number of nitrogens with two attached hydrogens (primary N) is 1. The molecule has 1 aromatic rings. The molecular formula is C9H9BrN2O. The van der Waals surface area contributed by atoms with Crippen LogP contribution in [0.4, 0.5) is 0 Å². The highest BCUT2D eigenvalue weighted by atomic mass is 79.9. The summed E-state index contributed by atoms with van der Waals surface area (Å²) in [5, 5.41) is 17.5. The number of nitriles is 1. The summed E-state index contributed by atoms with van der Waals surface area (Å²) in [7, 11) is 0. The van der Waals surface area contributed by atoms with Gasteiger partial charge in [-0.1, -0.05) is 15.9 Å². The number of hydrogen-bond donors (Lipinski definition) is 2. The maximum Gasteiger partial charge on any atom is 0.0991 e. The third-order valence-corrected chi connectivity index (χ3v) is 2.44. The fourth-order valence-corrected chi connectivity index (χ4v) is 1.54. The molecule has 1 aromatic carbocycles. The van der Waals surface area contributed by atoms with Crippen molar-refractivity contribution >= 4 is 15.9 Å². The van der Waals surface area contributed by atoms with Crippen LogP contribution in [0.2, 0.25) is 0 Å². The number of nitrogens with zero attached hydrogens (tertiary/aromatic N) is 1. The molecule has 0 heterocycles. The van der Waals surface area contributed by atoms with Gasteiger partial charge in [0.25, 0.3) is 0 Å². The normalized spacial score (nSPS) is 12.2. The predicted octanol–water partition coefficient (Wildman–Crippen LogP) is 1.31. The lowest BCUT2D eigenvalue weighted by Gasteiger charge is -2.10. The second-order valence-electron chi connectivity index (χ2n) is 2.64. The van der Waals surface area contributed by atoms with E-state index < -0.39 is 6.04 Å². The van der Waals surface area contributed by atoms with Gasteiger partial charge in [-0.3, -0.25) is 0 Å². The maximum absolute atomic E-state index is 8.85. The Morgan fingerprint density at radius 3 is 2.85 bits per heavy atom. The monoisotopic (exact) mass is 240 g/mol. The first-order chi connectivity index (χ1) is 6.19. The molecule has 68 valence electrons. The van der Waals surface area contributed by atoms with Gasteiger partial charge in [0.05, 0.1) is 24.3 Å². The van der Waals surface area contributed by atoms with Gasteiger partial charge in [0.15, 0.2) is 0 Å². The van der Waals surface area contributed by atoms with E-state index in [0.29, 0.717) is 5.56 Å². The van der Waals surface area contributed by atoms with Crippen LogP contribution in [-0.4, -0.2) is 11.7 Å². The standard InChI is InChI=1S/C9H9BrN2O/c10-8-2-1-6(4-11)3-7(8)9(12)5-13/h1-3,9,13H,5,12H2. The molecule has 1 atom stereocenters. The summed E-state index contributed by atoms with van der Waals surface area (Å²) in [5.41, 5.74) is 6.92. The molecule has 0 saturated carbocycles. The van der Waals surface area contributed by atoms with Gasteiger partial charge in [-0.2, -0.15) is 5.26 Å². The molecule has 0 saturated heterocycles. The third kappa shape index (κ3) is 2.28. The minimum absolute atomic E-state index is 0.131. The van der Waals surface area contributed by atoms with Crippen LogP contribution in [0.3, 0.4) is 0 Å². The Hall–Kier alpha value is -0.890. The van der Waals surface area contributed by atoms with Crippen LogP contribution in [0.1, 0.15) is 17.2 Å². The Balaban J connectivity index is 3.12. The molecule has 1 rings (SSSR count).